The van der Waals surface area contributed by atoms with Crippen molar-refractivity contribution in [2.24, 2.45) is 0 Å². The molecule has 0 fully saturated rings. The Balaban J connectivity index is -0.0000000125. The van der Waals surface area contributed by atoms with Crippen molar-refractivity contribution < 1.29 is 199 Å². The van der Waals surface area contributed by atoms with Gasteiger partial charge >= 0.3 is 113 Å². The fourth-order valence-corrected chi connectivity index (χ4v) is 0. The first-order valence-electron chi connectivity index (χ1n) is 3.58. The minimum absolute atomic E-state index is 0. The predicted octanol–water partition coefficient (Wildman–Crippen LogP) is -22.2. The van der Waals surface area contributed by atoms with E-state index in [1.807, 2.05) is 0 Å². The molecule has 0 aromatic heterocycles. The van der Waals surface area contributed by atoms with Crippen molar-refractivity contribution in [2.45, 2.75) is 0 Å². The van der Waals surface area contributed by atoms with E-state index in [1.165, 1.54) is 0 Å². The average molecular weight is 420 g/mol. The summed E-state index contributed by atoms with van der Waals surface area (Å²) < 4.78 is 58.8. The van der Waals surface area contributed by atoms with Gasteiger partial charge in [0.1, 0.15) is 0 Å². The van der Waals surface area contributed by atoms with Crippen LogP contribution >= 0.6 is 0 Å². The van der Waals surface area contributed by atoms with Gasteiger partial charge in [-0.05, 0) is 0 Å². The van der Waals surface area contributed by atoms with Crippen molar-refractivity contribution in [2.75, 3.05) is 0 Å². The predicted molar refractivity (Wildman–Crippen MR) is 39.0 cm³/mol. The first-order valence-corrected chi connectivity index (χ1v) is 3.58. The summed E-state index contributed by atoms with van der Waals surface area (Å²) in [4.78, 5) is 49.3. The minimum atomic E-state index is -2.58. The van der Waals surface area contributed by atoms with E-state index in [-0.39, 0.29) is 113 Å². The molecular formula is C6F6Li6O12. The second-order valence-corrected chi connectivity index (χ2v) is 1.43. The number of carbonyl (C=O) groups is 6. The van der Waals surface area contributed by atoms with Crippen LogP contribution in [0.3, 0.4) is 0 Å². The van der Waals surface area contributed by atoms with Crippen LogP contribution in [0.4, 0.5) is 55.1 Å². The molecule has 0 saturated carbocycles. The number of carboxylic acid groups (broad SMARTS) is 6. The van der Waals surface area contributed by atoms with Crippen LogP contribution in [-0.2, 0) is 0 Å². The fraction of sp³-hybridized carbons (Fsp3) is 0. The normalized spacial score (nSPS) is 5.00. The first kappa shape index (κ1) is 77.9. The van der Waals surface area contributed by atoms with E-state index in [0.29, 0.717) is 0 Å². The first-order chi connectivity index (χ1) is 10.4. The van der Waals surface area contributed by atoms with Crippen LogP contribution in [0.1, 0.15) is 0 Å². The van der Waals surface area contributed by atoms with Crippen molar-refractivity contribution in [3.63, 3.8) is 0 Å². The van der Waals surface area contributed by atoms with Crippen molar-refractivity contribution in [3.05, 3.63) is 0 Å². The van der Waals surface area contributed by atoms with Crippen LogP contribution < -0.4 is 144 Å². The fourth-order valence-electron chi connectivity index (χ4n) is 0. The summed E-state index contributed by atoms with van der Waals surface area (Å²) in [5.74, 6) is 0. The van der Waals surface area contributed by atoms with Gasteiger partial charge in [-0.2, -0.15) is 26.3 Å². The third-order valence-electron chi connectivity index (χ3n) is 0. The van der Waals surface area contributed by atoms with Crippen molar-refractivity contribution >= 4 is 37.3 Å². The summed E-state index contributed by atoms with van der Waals surface area (Å²) >= 11 is 0. The van der Waals surface area contributed by atoms with E-state index in [0.717, 1.165) is 0 Å². The SMILES string of the molecule is O=C([O-])F.O=C([O-])F.O=C([O-])F.O=C([O-])F.O=C([O-])F.O=C([O-])F.[Li+].[Li+].[Li+].[Li+].[Li+].[Li+]. The molecule has 0 saturated heterocycles. The molecule has 0 bridgehead atoms. The van der Waals surface area contributed by atoms with Crippen LogP contribution in [0.5, 0.6) is 0 Å². The van der Waals surface area contributed by atoms with Gasteiger partial charge in [0, 0.05) is 0 Å². The molecule has 0 atom stereocenters. The number of hydrogen-bond donors (Lipinski definition) is 0. The molecule has 24 heteroatoms. The second kappa shape index (κ2) is 70.2. The second-order valence-electron chi connectivity index (χ2n) is 1.43. The summed E-state index contributed by atoms with van der Waals surface area (Å²) in [5.41, 5.74) is 0. The van der Waals surface area contributed by atoms with Gasteiger partial charge in [0.05, 0.1) is 0 Å². The van der Waals surface area contributed by atoms with Crippen LogP contribution in [0.25, 0.3) is 0 Å². The maximum atomic E-state index is 9.81. The average Bonchev–Trinajstić information content (AvgIpc) is 2.08. The summed E-state index contributed by atoms with van der Waals surface area (Å²) in [6.07, 6.45) is -15.5. The van der Waals surface area contributed by atoms with Crippen molar-refractivity contribution in [3.8, 4) is 0 Å². The Bertz CT molecular complexity index is 289. The van der Waals surface area contributed by atoms with Crippen LogP contribution in [0.15, 0.2) is 0 Å². The Hall–Kier alpha value is -0.0156. The van der Waals surface area contributed by atoms with E-state index >= 15 is 0 Å². The molecular weight excluding hydrogens is 420 g/mol. The number of halogens is 6. The monoisotopic (exact) mass is 420 g/mol. The molecule has 30 heavy (non-hydrogen) atoms. The quantitative estimate of drug-likeness (QED) is 0.202. The topological polar surface area (TPSA) is 241 Å². The maximum Gasteiger partial charge on any atom is 1.00 e. The molecule has 144 valence electrons. The Morgan fingerprint density at radius 2 is 0.300 bits per heavy atom. The van der Waals surface area contributed by atoms with Gasteiger partial charge in [-0.15, -0.1) is 0 Å². The molecule has 0 aliphatic heterocycles. The van der Waals surface area contributed by atoms with E-state index in [2.05, 4.69) is 0 Å². The molecule has 0 radical (unpaired) electrons. The third kappa shape index (κ3) is 83900000. The van der Waals surface area contributed by atoms with Gasteiger partial charge in [-0.25, -0.2) is 0 Å². The van der Waals surface area contributed by atoms with E-state index in [9.17, 15) is 26.3 Å². The standard InChI is InChI=1S/6CHFO2.6Li/c6*2-1(3)4;;;;;;/h6*(H,3,4);;;;;;/q;;;;;;6*+1/p-6. The van der Waals surface area contributed by atoms with Crippen LogP contribution in [0.2, 0.25) is 0 Å². The van der Waals surface area contributed by atoms with E-state index in [1.54, 1.807) is 0 Å². The minimum Gasteiger partial charge on any atom is -0.520 e. The van der Waals surface area contributed by atoms with Gasteiger partial charge in [0.2, 0.25) is 37.3 Å². The number of hydrogen-bond acceptors (Lipinski definition) is 12. The summed E-state index contributed by atoms with van der Waals surface area (Å²) in [7, 11) is 0. The third-order valence-corrected chi connectivity index (χ3v) is 0. The summed E-state index contributed by atoms with van der Waals surface area (Å²) in [6, 6.07) is 0. The van der Waals surface area contributed by atoms with Gasteiger partial charge in [-0.3, -0.25) is 0 Å². The molecule has 0 aliphatic rings. The van der Waals surface area contributed by atoms with Crippen molar-refractivity contribution in [1.82, 2.24) is 0 Å². The molecule has 0 N–H and O–H groups in total. The molecule has 0 spiro atoms. The van der Waals surface area contributed by atoms with Gasteiger partial charge in [-0.1, -0.05) is 0 Å². The van der Waals surface area contributed by atoms with Gasteiger partial charge in [0.25, 0.3) is 0 Å². The molecule has 0 aromatic carbocycles. The Morgan fingerprint density at radius 1 is 0.300 bits per heavy atom. The smallest absolute Gasteiger partial charge is 0.520 e. The Morgan fingerprint density at radius 3 is 0.300 bits per heavy atom. The zero-order valence-corrected chi connectivity index (χ0v) is 16.2. The number of rotatable bonds is 0. The van der Waals surface area contributed by atoms with Gasteiger partial charge < -0.3 is 59.4 Å². The number of carbonyl (C=O) groups excluding carboxylic acids is 6. The summed E-state index contributed by atoms with van der Waals surface area (Å²) in [5, 5.41) is 49.3. The van der Waals surface area contributed by atoms with Crippen molar-refractivity contribution in [1.29, 1.82) is 0 Å². The Labute approximate surface area is 234 Å². The largest absolute Gasteiger partial charge is 1.00 e. The molecule has 0 amide bonds. The molecule has 12 nitrogen and oxygen atoms in total. The summed E-state index contributed by atoms with van der Waals surface area (Å²) in [6.45, 7) is 0. The zero-order chi connectivity index (χ0) is 21.5. The molecule has 0 heterocycles. The molecule has 0 unspecified atom stereocenters. The van der Waals surface area contributed by atoms with E-state index in [4.69, 9.17) is 59.4 Å². The maximum absolute atomic E-state index is 9.81. The zero-order valence-electron chi connectivity index (χ0n) is 16.2. The Kier molecular flexibility index (Phi) is 182. The van der Waals surface area contributed by atoms with Crippen LogP contribution in [-0.4, -0.2) is 37.3 Å². The molecule has 0 aromatic rings. The van der Waals surface area contributed by atoms with Gasteiger partial charge in [0.15, 0.2) is 0 Å². The van der Waals surface area contributed by atoms with Crippen LogP contribution in [0, 0.1) is 0 Å². The molecule has 0 rings (SSSR count). The molecule has 0 aliphatic carbocycles. The van der Waals surface area contributed by atoms with E-state index < -0.39 is 37.3 Å².